The zero-order valence-electron chi connectivity index (χ0n) is 10.2. The van der Waals surface area contributed by atoms with Crippen molar-refractivity contribution in [1.82, 2.24) is 5.32 Å². The van der Waals surface area contributed by atoms with Crippen LogP contribution in [0.15, 0.2) is 0 Å². The SMILES string of the molecule is CCC[C@@H](N)C(=O)NC1COCC1(C)C(=O)O. The van der Waals surface area contributed by atoms with E-state index in [1.165, 1.54) is 0 Å². The largest absolute Gasteiger partial charge is 0.481 e. The second kappa shape index (κ2) is 5.46. The number of nitrogens with two attached hydrogens (primary N) is 1. The van der Waals surface area contributed by atoms with Gasteiger partial charge in [0.15, 0.2) is 0 Å². The highest BCUT2D eigenvalue weighted by Crippen LogP contribution is 2.28. The molecule has 4 N–H and O–H groups in total. The number of aliphatic carboxylic acids is 1. The van der Waals surface area contributed by atoms with E-state index in [9.17, 15) is 9.59 Å². The molecule has 0 spiro atoms. The molecule has 0 bridgehead atoms. The third-order valence-corrected chi connectivity index (χ3v) is 3.20. The van der Waals surface area contributed by atoms with E-state index in [1.54, 1.807) is 6.92 Å². The van der Waals surface area contributed by atoms with Gasteiger partial charge < -0.3 is 20.9 Å². The summed E-state index contributed by atoms with van der Waals surface area (Å²) in [4.78, 5) is 22.9. The molecular formula is C11H20N2O4. The first-order valence-corrected chi connectivity index (χ1v) is 5.79. The summed E-state index contributed by atoms with van der Waals surface area (Å²) in [7, 11) is 0. The number of nitrogens with one attached hydrogen (secondary N) is 1. The molecule has 0 aliphatic carbocycles. The Balaban J connectivity index is 2.62. The fraction of sp³-hybridized carbons (Fsp3) is 0.818. The fourth-order valence-electron chi connectivity index (χ4n) is 1.81. The molecular weight excluding hydrogens is 224 g/mol. The van der Waals surface area contributed by atoms with Gasteiger partial charge in [-0.1, -0.05) is 13.3 Å². The van der Waals surface area contributed by atoms with E-state index in [1.807, 2.05) is 6.92 Å². The van der Waals surface area contributed by atoms with Gasteiger partial charge in [0, 0.05) is 0 Å². The normalized spacial score (nSPS) is 29.9. The molecule has 98 valence electrons. The summed E-state index contributed by atoms with van der Waals surface area (Å²) >= 11 is 0. The highest BCUT2D eigenvalue weighted by atomic mass is 16.5. The number of carbonyl (C=O) groups is 2. The Kier molecular flexibility index (Phi) is 4.47. The van der Waals surface area contributed by atoms with Crippen molar-refractivity contribution in [1.29, 1.82) is 0 Å². The second-order valence-corrected chi connectivity index (χ2v) is 4.69. The molecule has 1 heterocycles. The Labute approximate surface area is 101 Å². The van der Waals surface area contributed by atoms with Gasteiger partial charge in [-0.2, -0.15) is 0 Å². The summed E-state index contributed by atoms with van der Waals surface area (Å²) in [5.74, 6) is -1.28. The van der Waals surface area contributed by atoms with E-state index in [0.717, 1.165) is 6.42 Å². The van der Waals surface area contributed by atoms with Gasteiger partial charge in [0.2, 0.25) is 5.91 Å². The van der Waals surface area contributed by atoms with E-state index in [-0.39, 0.29) is 19.1 Å². The van der Waals surface area contributed by atoms with Gasteiger partial charge in [-0.05, 0) is 13.3 Å². The minimum absolute atomic E-state index is 0.107. The van der Waals surface area contributed by atoms with Crippen molar-refractivity contribution in [3.63, 3.8) is 0 Å². The molecule has 0 aromatic carbocycles. The molecule has 0 aromatic heterocycles. The van der Waals surface area contributed by atoms with E-state index < -0.39 is 23.5 Å². The summed E-state index contributed by atoms with van der Waals surface area (Å²) in [6.45, 7) is 3.83. The molecule has 3 atom stereocenters. The number of ether oxygens (including phenoxy) is 1. The van der Waals surface area contributed by atoms with Gasteiger partial charge in [-0.25, -0.2) is 0 Å². The van der Waals surface area contributed by atoms with Crippen molar-refractivity contribution in [2.75, 3.05) is 13.2 Å². The first kappa shape index (κ1) is 13.9. The number of carboxylic acid groups (broad SMARTS) is 1. The molecule has 0 saturated carbocycles. The Morgan fingerprint density at radius 3 is 2.82 bits per heavy atom. The molecule has 1 rings (SSSR count). The molecule has 17 heavy (non-hydrogen) atoms. The molecule has 1 aliphatic rings. The molecule has 1 amide bonds. The van der Waals surface area contributed by atoms with Crippen molar-refractivity contribution in [3.8, 4) is 0 Å². The van der Waals surface area contributed by atoms with Crippen LogP contribution < -0.4 is 11.1 Å². The van der Waals surface area contributed by atoms with Crippen LogP contribution in [-0.4, -0.2) is 42.3 Å². The number of amides is 1. The second-order valence-electron chi connectivity index (χ2n) is 4.69. The lowest BCUT2D eigenvalue weighted by Gasteiger charge is -2.26. The van der Waals surface area contributed by atoms with Crippen LogP contribution >= 0.6 is 0 Å². The maximum atomic E-state index is 11.7. The number of carboxylic acids is 1. The zero-order valence-corrected chi connectivity index (χ0v) is 10.2. The van der Waals surface area contributed by atoms with Crippen molar-refractivity contribution >= 4 is 11.9 Å². The third kappa shape index (κ3) is 2.95. The first-order chi connectivity index (χ1) is 7.91. The highest BCUT2D eigenvalue weighted by molar-refractivity contribution is 5.83. The average molecular weight is 244 g/mol. The topological polar surface area (TPSA) is 102 Å². The predicted molar refractivity (Wildman–Crippen MR) is 61.4 cm³/mol. The standard InChI is InChI=1S/C11H20N2O4/c1-3-4-7(12)9(14)13-8-5-17-6-11(8,2)10(15)16/h7-8H,3-6,12H2,1-2H3,(H,13,14)(H,15,16)/t7-,8?,11?/m1/s1. The molecule has 0 aromatic rings. The van der Waals surface area contributed by atoms with Crippen LogP contribution in [0, 0.1) is 5.41 Å². The predicted octanol–water partition coefficient (Wildman–Crippen LogP) is -0.280. The lowest BCUT2D eigenvalue weighted by molar-refractivity contribution is -0.149. The molecule has 2 unspecified atom stereocenters. The number of carbonyl (C=O) groups excluding carboxylic acids is 1. The van der Waals surface area contributed by atoms with Gasteiger partial charge in [0.25, 0.3) is 0 Å². The molecule has 6 heteroatoms. The lowest BCUT2D eigenvalue weighted by atomic mass is 9.85. The van der Waals surface area contributed by atoms with Gasteiger partial charge >= 0.3 is 5.97 Å². The van der Waals surface area contributed by atoms with Crippen LogP contribution in [0.3, 0.4) is 0 Å². The molecule has 1 aliphatic heterocycles. The van der Waals surface area contributed by atoms with E-state index >= 15 is 0 Å². The lowest BCUT2D eigenvalue weighted by Crippen LogP contribution is -2.53. The summed E-state index contributed by atoms with van der Waals surface area (Å²) < 4.78 is 5.14. The maximum Gasteiger partial charge on any atom is 0.313 e. The number of rotatable bonds is 5. The smallest absolute Gasteiger partial charge is 0.313 e. The minimum Gasteiger partial charge on any atom is -0.481 e. The van der Waals surface area contributed by atoms with E-state index in [0.29, 0.717) is 6.42 Å². The molecule has 0 radical (unpaired) electrons. The quantitative estimate of drug-likeness (QED) is 0.617. The van der Waals surface area contributed by atoms with E-state index in [4.69, 9.17) is 15.6 Å². The van der Waals surface area contributed by atoms with Crippen LogP contribution in [0.2, 0.25) is 0 Å². The molecule has 6 nitrogen and oxygen atoms in total. The fourth-order valence-corrected chi connectivity index (χ4v) is 1.81. The van der Waals surface area contributed by atoms with Crippen LogP contribution in [0.1, 0.15) is 26.7 Å². The number of hydrogen-bond donors (Lipinski definition) is 3. The van der Waals surface area contributed by atoms with Gasteiger partial charge in [0.05, 0.1) is 25.3 Å². The van der Waals surface area contributed by atoms with Gasteiger partial charge in [-0.3, -0.25) is 9.59 Å². The third-order valence-electron chi connectivity index (χ3n) is 3.20. The summed E-state index contributed by atoms with van der Waals surface area (Å²) in [6, 6.07) is -1.10. The monoisotopic (exact) mass is 244 g/mol. The van der Waals surface area contributed by atoms with Crippen molar-refractivity contribution in [2.24, 2.45) is 11.1 Å². The van der Waals surface area contributed by atoms with Crippen LogP contribution in [0.5, 0.6) is 0 Å². The van der Waals surface area contributed by atoms with Crippen LogP contribution in [0.25, 0.3) is 0 Å². The Morgan fingerprint density at radius 1 is 1.65 bits per heavy atom. The molecule has 1 saturated heterocycles. The highest BCUT2D eigenvalue weighted by Gasteiger charge is 2.47. The van der Waals surface area contributed by atoms with Crippen molar-refractivity contribution < 1.29 is 19.4 Å². The van der Waals surface area contributed by atoms with Gasteiger partial charge in [0.1, 0.15) is 5.41 Å². The average Bonchev–Trinajstić information content (AvgIpc) is 2.62. The van der Waals surface area contributed by atoms with Gasteiger partial charge in [-0.15, -0.1) is 0 Å². The summed E-state index contributed by atoms with van der Waals surface area (Å²) in [6.07, 6.45) is 1.40. The molecule has 1 fully saturated rings. The van der Waals surface area contributed by atoms with Crippen molar-refractivity contribution in [3.05, 3.63) is 0 Å². The zero-order chi connectivity index (χ0) is 13.1. The van der Waals surface area contributed by atoms with Crippen LogP contribution in [-0.2, 0) is 14.3 Å². The number of hydrogen-bond acceptors (Lipinski definition) is 4. The van der Waals surface area contributed by atoms with Crippen LogP contribution in [0.4, 0.5) is 0 Å². The summed E-state index contributed by atoms with van der Waals surface area (Å²) in [5.41, 5.74) is 4.60. The minimum atomic E-state index is -1.07. The first-order valence-electron chi connectivity index (χ1n) is 5.79. The van der Waals surface area contributed by atoms with Crippen molar-refractivity contribution in [2.45, 2.75) is 38.8 Å². The van der Waals surface area contributed by atoms with E-state index in [2.05, 4.69) is 5.32 Å². The Bertz CT molecular complexity index is 308. The Morgan fingerprint density at radius 2 is 2.29 bits per heavy atom. The Hall–Kier alpha value is -1.14. The summed E-state index contributed by atoms with van der Waals surface area (Å²) in [5, 5.41) is 11.8. The maximum absolute atomic E-state index is 11.7.